The maximum Gasteiger partial charge on any atom is 0.223 e. The first-order valence-corrected chi connectivity index (χ1v) is 5.91. The average molecular weight is 244 g/mol. The molecule has 4 nitrogen and oxygen atoms in total. The zero-order valence-electron chi connectivity index (χ0n) is 8.98. The summed E-state index contributed by atoms with van der Waals surface area (Å²) in [7, 11) is 0. The zero-order chi connectivity index (χ0) is 12.0. The number of fused-ring (bicyclic) bond motifs is 3. The molecule has 1 aliphatic carbocycles. The third-order valence-corrected chi connectivity index (χ3v) is 3.51. The van der Waals surface area contributed by atoms with Crippen LogP contribution in [0, 0.1) is 0 Å². The van der Waals surface area contributed by atoms with Gasteiger partial charge in [-0.05, 0) is 0 Å². The molecule has 1 aromatic heterocycles. The van der Waals surface area contributed by atoms with E-state index < -0.39 is 0 Å². The lowest BCUT2D eigenvalue weighted by atomic mass is 10.1. The van der Waals surface area contributed by atoms with Crippen LogP contribution in [0.2, 0.25) is 0 Å². The zero-order valence-corrected chi connectivity index (χ0v) is 9.80. The van der Waals surface area contributed by atoms with E-state index in [0.29, 0.717) is 21.3 Å². The van der Waals surface area contributed by atoms with Crippen molar-refractivity contribution < 1.29 is 9.59 Å². The molecule has 0 unspecified atom stereocenters. The van der Waals surface area contributed by atoms with E-state index in [1.807, 2.05) is 18.2 Å². The quantitative estimate of drug-likeness (QED) is 0.714. The molecule has 1 aliphatic rings. The summed E-state index contributed by atoms with van der Waals surface area (Å²) >= 11 is 1.22. The van der Waals surface area contributed by atoms with Crippen molar-refractivity contribution in [1.29, 1.82) is 0 Å². The monoisotopic (exact) mass is 244 g/mol. The number of ketones is 1. The molecule has 3 rings (SSSR count). The van der Waals surface area contributed by atoms with Crippen LogP contribution >= 0.6 is 11.3 Å². The number of carbonyl (C=O) groups is 2. The minimum Gasteiger partial charge on any atom is -0.302 e. The Kier molecular flexibility index (Phi) is 2.09. The lowest BCUT2D eigenvalue weighted by Gasteiger charge is -1.97. The van der Waals surface area contributed by atoms with E-state index in [9.17, 15) is 9.59 Å². The number of nitrogens with zero attached hydrogens (tertiary/aromatic N) is 1. The van der Waals surface area contributed by atoms with E-state index >= 15 is 0 Å². The molecule has 1 amide bonds. The fraction of sp³-hybridized carbons (Fsp3) is 0.0833. The van der Waals surface area contributed by atoms with Crippen LogP contribution in [0.4, 0.5) is 5.13 Å². The lowest BCUT2D eigenvalue weighted by Crippen LogP contribution is -2.05. The first kappa shape index (κ1) is 10.2. The molecular formula is C12H8N2O2S. The van der Waals surface area contributed by atoms with E-state index in [1.165, 1.54) is 18.3 Å². The van der Waals surface area contributed by atoms with E-state index in [-0.39, 0.29) is 11.7 Å². The van der Waals surface area contributed by atoms with Gasteiger partial charge in [0.2, 0.25) is 11.7 Å². The van der Waals surface area contributed by atoms with Crippen molar-refractivity contribution in [1.82, 2.24) is 4.98 Å². The van der Waals surface area contributed by atoms with Crippen molar-refractivity contribution in [3.05, 3.63) is 34.7 Å². The fourth-order valence-corrected chi connectivity index (χ4v) is 2.85. The molecule has 0 spiro atoms. The molecule has 17 heavy (non-hydrogen) atoms. The highest BCUT2D eigenvalue weighted by Crippen LogP contribution is 2.40. The van der Waals surface area contributed by atoms with Crippen molar-refractivity contribution in [2.75, 3.05) is 5.32 Å². The summed E-state index contributed by atoms with van der Waals surface area (Å²) in [5, 5.41) is 3.08. The maximum absolute atomic E-state index is 12.0. The van der Waals surface area contributed by atoms with Gasteiger partial charge in [-0.3, -0.25) is 9.59 Å². The van der Waals surface area contributed by atoms with E-state index in [1.54, 1.807) is 6.07 Å². The first-order valence-electron chi connectivity index (χ1n) is 5.09. The number of amides is 1. The van der Waals surface area contributed by atoms with Crippen LogP contribution in [0.15, 0.2) is 24.3 Å². The molecule has 5 heteroatoms. The van der Waals surface area contributed by atoms with Crippen LogP contribution in [-0.4, -0.2) is 16.7 Å². The van der Waals surface area contributed by atoms with Gasteiger partial charge in [-0.2, -0.15) is 0 Å². The number of benzene rings is 1. The number of nitrogens with one attached hydrogen (secondary N) is 1. The van der Waals surface area contributed by atoms with E-state index in [0.717, 1.165) is 5.56 Å². The van der Waals surface area contributed by atoms with E-state index in [2.05, 4.69) is 10.3 Å². The summed E-state index contributed by atoms with van der Waals surface area (Å²) in [5.41, 5.74) is 2.22. The van der Waals surface area contributed by atoms with Crippen molar-refractivity contribution in [2.24, 2.45) is 0 Å². The van der Waals surface area contributed by atoms with Crippen LogP contribution < -0.4 is 5.32 Å². The summed E-state index contributed by atoms with van der Waals surface area (Å²) in [6.07, 6.45) is 0. The fourth-order valence-electron chi connectivity index (χ4n) is 1.87. The normalized spacial score (nSPS) is 12.2. The maximum atomic E-state index is 12.0. The topological polar surface area (TPSA) is 59.1 Å². The van der Waals surface area contributed by atoms with Gasteiger partial charge in [-0.1, -0.05) is 35.6 Å². The minimum absolute atomic E-state index is 0.00954. The molecule has 0 saturated carbocycles. The molecular weight excluding hydrogens is 236 g/mol. The number of carbonyl (C=O) groups excluding carboxylic acids is 2. The highest BCUT2D eigenvalue weighted by molar-refractivity contribution is 7.18. The highest BCUT2D eigenvalue weighted by Gasteiger charge is 2.30. The van der Waals surface area contributed by atoms with Gasteiger partial charge in [0.25, 0.3) is 0 Å². The Morgan fingerprint density at radius 3 is 2.71 bits per heavy atom. The third-order valence-electron chi connectivity index (χ3n) is 2.54. The first-order chi connectivity index (χ1) is 8.16. The number of aromatic nitrogens is 1. The number of rotatable bonds is 1. The molecule has 0 bridgehead atoms. The smallest absolute Gasteiger partial charge is 0.223 e. The van der Waals surface area contributed by atoms with Crippen molar-refractivity contribution >= 4 is 28.2 Å². The SMILES string of the molecule is CC(=O)Nc1nc2c(s1)C(=O)c1ccccc1-2. The van der Waals surface area contributed by atoms with E-state index in [4.69, 9.17) is 0 Å². The Morgan fingerprint density at radius 1 is 1.29 bits per heavy atom. The molecule has 0 radical (unpaired) electrons. The van der Waals surface area contributed by atoms with Gasteiger partial charge < -0.3 is 5.32 Å². The molecule has 0 saturated heterocycles. The number of thiazole rings is 1. The second-order valence-corrected chi connectivity index (χ2v) is 4.75. The summed E-state index contributed by atoms with van der Waals surface area (Å²) in [6, 6.07) is 7.38. The summed E-state index contributed by atoms with van der Waals surface area (Å²) < 4.78 is 0. The van der Waals surface area contributed by atoms with Gasteiger partial charge >= 0.3 is 0 Å². The van der Waals surface area contributed by atoms with Crippen LogP contribution in [-0.2, 0) is 4.79 Å². The van der Waals surface area contributed by atoms with Crippen molar-refractivity contribution in [3.63, 3.8) is 0 Å². The predicted molar refractivity (Wildman–Crippen MR) is 65.3 cm³/mol. The molecule has 2 aromatic rings. The Balaban J connectivity index is 2.13. The predicted octanol–water partition coefficient (Wildman–Crippen LogP) is 2.31. The van der Waals surface area contributed by atoms with Gasteiger partial charge in [-0.25, -0.2) is 4.98 Å². The van der Waals surface area contributed by atoms with Crippen molar-refractivity contribution in [2.45, 2.75) is 6.92 Å². The Morgan fingerprint density at radius 2 is 2.00 bits per heavy atom. The molecule has 84 valence electrons. The number of hydrogen-bond acceptors (Lipinski definition) is 4. The molecule has 1 heterocycles. The van der Waals surface area contributed by atoms with Crippen LogP contribution in [0.1, 0.15) is 22.2 Å². The van der Waals surface area contributed by atoms with Gasteiger partial charge in [0.05, 0.1) is 5.69 Å². The second-order valence-electron chi connectivity index (χ2n) is 3.75. The summed E-state index contributed by atoms with van der Waals surface area (Å²) in [4.78, 5) is 27.9. The van der Waals surface area contributed by atoms with Gasteiger partial charge in [-0.15, -0.1) is 0 Å². The Bertz CT molecular complexity index is 646. The highest BCUT2D eigenvalue weighted by atomic mass is 32.1. The molecule has 1 N–H and O–H groups in total. The Labute approximate surface area is 101 Å². The van der Waals surface area contributed by atoms with Gasteiger partial charge in [0.15, 0.2) is 5.13 Å². The molecule has 0 fully saturated rings. The van der Waals surface area contributed by atoms with Gasteiger partial charge in [0, 0.05) is 18.1 Å². The van der Waals surface area contributed by atoms with Crippen molar-refractivity contribution in [3.8, 4) is 11.3 Å². The van der Waals surface area contributed by atoms with Crippen LogP contribution in [0.5, 0.6) is 0 Å². The lowest BCUT2D eigenvalue weighted by molar-refractivity contribution is -0.114. The molecule has 1 aromatic carbocycles. The average Bonchev–Trinajstić information content (AvgIpc) is 2.80. The third kappa shape index (κ3) is 1.47. The molecule has 0 atom stereocenters. The number of hydrogen-bond donors (Lipinski definition) is 1. The van der Waals surface area contributed by atoms with Gasteiger partial charge in [0.1, 0.15) is 4.88 Å². The summed E-state index contributed by atoms with van der Waals surface area (Å²) in [5.74, 6) is -0.192. The Hall–Kier alpha value is -2.01. The number of anilines is 1. The standard InChI is InChI=1S/C12H8N2O2S/c1-6(15)13-12-14-9-7-4-2-3-5-8(7)10(16)11(9)17-12/h2-5H,1H3,(H,13,14,15). The van der Waals surface area contributed by atoms with Crippen LogP contribution in [0.3, 0.4) is 0 Å². The second kappa shape index (κ2) is 3.49. The largest absolute Gasteiger partial charge is 0.302 e. The summed E-state index contributed by atoms with van der Waals surface area (Å²) in [6.45, 7) is 1.42. The molecule has 0 aliphatic heterocycles. The minimum atomic E-state index is -0.182. The van der Waals surface area contributed by atoms with Crippen LogP contribution in [0.25, 0.3) is 11.3 Å².